The maximum absolute atomic E-state index is 12.2. The Morgan fingerprint density at radius 3 is 2.94 bits per heavy atom. The van der Waals surface area contributed by atoms with Crippen LogP contribution in [0, 0.1) is 6.92 Å². The third kappa shape index (κ3) is 2.32. The molecule has 1 fully saturated rings. The van der Waals surface area contributed by atoms with Crippen LogP contribution in [0.4, 0.5) is 0 Å². The number of aliphatic carboxylic acids is 1. The molecule has 1 aromatic rings. The van der Waals surface area contributed by atoms with Gasteiger partial charge in [-0.25, -0.2) is 4.79 Å². The van der Waals surface area contributed by atoms with E-state index in [1.807, 2.05) is 18.4 Å². The summed E-state index contributed by atoms with van der Waals surface area (Å²) < 4.78 is 5.10. The number of carbonyl (C=O) groups excluding carboxylic acids is 1. The van der Waals surface area contributed by atoms with E-state index in [1.165, 1.54) is 16.2 Å². The average molecular weight is 255 g/mol. The van der Waals surface area contributed by atoms with Crippen molar-refractivity contribution in [3.63, 3.8) is 0 Å². The van der Waals surface area contributed by atoms with Crippen LogP contribution in [0.2, 0.25) is 0 Å². The minimum Gasteiger partial charge on any atom is -0.480 e. The lowest BCUT2D eigenvalue weighted by Gasteiger charge is -2.32. The molecule has 1 aliphatic heterocycles. The summed E-state index contributed by atoms with van der Waals surface area (Å²) in [7, 11) is 0. The zero-order valence-electron chi connectivity index (χ0n) is 9.38. The highest BCUT2D eigenvalue weighted by atomic mass is 32.1. The van der Waals surface area contributed by atoms with Gasteiger partial charge in [-0.05, 0) is 23.9 Å². The SMILES string of the molecule is Cc1ccsc1C(=O)N1CCOCC1C(=O)O. The van der Waals surface area contributed by atoms with Crippen LogP contribution in [0.5, 0.6) is 0 Å². The molecule has 0 saturated carbocycles. The summed E-state index contributed by atoms with van der Waals surface area (Å²) in [5.41, 5.74) is 0.885. The molecule has 1 amide bonds. The van der Waals surface area contributed by atoms with Gasteiger partial charge in [0.1, 0.15) is 0 Å². The molecule has 5 nitrogen and oxygen atoms in total. The lowest BCUT2D eigenvalue weighted by molar-refractivity contribution is -0.147. The predicted octanol–water partition coefficient (Wildman–Crippen LogP) is 0.982. The van der Waals surface area contributed by atoms with Crippen molar-refractivity contribution in [3.05, 3.63) is 21.9 Å². The Morgan fingerprint density at radius 1 is 1.59 bits per heavy atom. The van der Waals surface area contributed by atoms with Gasteiger partial charge in [0.15, 0.2) is 6.04 Å². The average Bonchev–Trinajstić information content (AvgIpc) is 2.74. The van der Waals surface area contributed by atoms with E-state index in [0.29, 0.717) is 18.0 Å². The lowest BCUT2D eigenvalue weighted by Crippen LogP contribution is -2.52. The summed E-state index contributed by atoms with van der Waals surface area (Å²) >= 11 is 1.34. The van der Waals surface area contributed by atoms with E-state index in [9.17, 15) is 9.59 Å². The molecule has 92 valence electrons. The molecular formula is C11H13NO4S. The van der Waals surface area contributed by atoms with Crippen molar-refractivity contribution < 1.29 is 19.4 Å². The second-order valence-corrected chi connectivity index (χ2v) is 4.78. The first-order valence-electron chi connectivity index (χ1n) is 5.27. The summed E-state index contributed by atoms with van der Waals surface area (Å²) in [5.74, 6) is -1.24. The Bertz CT molecular complexity index is 442. The summed E-state index contributed by atoms with van der Waals surface area (Å²) in [5, 5.41) is 10.9. The molecule has 2 rings (SSSR count). The predicted molar refractivity (Wildman–Crippen MR) is 62.3 cm³/mol. The lowest BCUT2D eigenvalue weighted by atomic mass is 10.2. The zero-order chi connectivity index (χ0) is 12.4. The van der Waals surface area contributed by atoms with E-state index >= 15 is 0 Å². The number of hydrogen-bond acceptors (Lipinski definition) is 4. The maximum atomic E-state index is 12.2. The number of ether oxygens (including phenoxy) is 1. The van der Waals surface area contributed by atoms with Crippen LogP contribution in [-0.2, 0) is 9.53 Å². The largest absolute Gasteiger partial charge is 0.480 e. The van der Waals surface area contributed by atoms with Crippen molar-refractivity contribution >= 4 is 23.2 Å². The monoisotopic (exact) mass is 255 g/mol. The first-order chi connectivity index (χ1) is 8.11. The molecule has 0 radical (unpaired) electrons. The smallest absolute Gasteiger partial charge is 0.328 e. The van der Waals surface area contributed by atoms with E-state index in [2.05, 4.69) is 0 Å². The number of thiophene rings is 1. The molecule has 6 heteroatoms. The van der Waals surface area contributed by atoms with Crippen LogP contribution in [0.3, 0.4) is 0 Å². The van der Waals surface area contributed by atoms with Crippen LogP contribution < -0.4 is 0 Å². The molecule has 1 saturated heterocycles. The Labute approximate surface area is 103 Å². The molecule has 0 aromatic carbocycles. The van der Waals surface area contributed by atoms with Crippen molar-refractivity contribution in [2.24, 2.45) is 0 Å². The van der Waals surface area contributed by atoms with Gasteiger partial charge in [-0.3, -0.25) is 4.79 Å². The molecule has 1 atom stereocenters. The molecule has 1 unspecified atom stereocenters. The summed E-state index contributed by atoms with van der Waals surface area (Å²) in [4.78, 5) is 25.3. The van der Waals surface area contributed by atoms with Crippen LogP contribution >= 0.6 is 11.3 Å². The van der Waals surface area contributed by atoms with Gasteiger partial charge in [-0.1, -0.05) is 0 Å². The van der Waals surface area contributed by atoms with Crippen LogP contribution in [0.25, 0.3) is 0 Å². The number of nitrogens with zero attached hydrogens (tertiary/aromatic N) is 1. The normalized spacial score (nSPS) is 20.3. The molecule has 0 aliphatic carbocycles. The molecule has 2 heterocycles. The summed E-state index contributed by atoms with van der Waals surface area (Å²) in [6.07, 6.45) is 0. The number of carboxylic acid groups (broad SMARTS) is 1. The molecule has 0 spiro atoms. The van der Waals surface area contributed by atoms with Crippen LogP contribution in [-0.4, -0.2) is 47.7 Å². The van der Waals surface area contributed by atoms with Gasteiger partial charge in [0, 0.05) is 6.54 Å². The van der Waals surface area contributed by atoms with Crippen molar-refractivity contribution in [1.82, 2.24) is 4.90 Å². The quantitative estimate of drug-likeness (QED) is 0.855. The van der Waals surface area contributed by atoms with Crippen molar-refractivity contribution in [1.29, 1.82) is 0 Å². The Kier molecular flexibility index (Phi) is 3.44. The molecular weight excluding hydrogens is 242 g/mol. The number of morpholine rings is 1. The molecule has 0 bridgehead atoms. The molecule has 17 heavy (non-hydrogen) atoms. The van der Waals surface area contributed by atoms with Crippen LogP contribution in [0.15, 0.2) is 11.4 Å². The number of rotatable bonds is 2. The number of aryl methyl sites for hydroxylation is 1. The Balaban J connectivity index is 2.23. The van der Waals surface area contributed by atoms with E-state index in [1.54, 1.807) is 0 Å². The number of carboxylic acids is 1. The molecule has 1 aromatic heterocycles. The van der Waals surface area contributed by atoms with Crippen molar-refractivity contribution in [2.75, 3.05) is 19.8 Å². The van der Waals surface area contributed by atoms with Gasteiger partial charge in [-0.15, -0.1) is 11.3 Å². The van der Waals surface area contributed by atoms with E-state index in [4.69, 9.17) is 9.84 Å². The standard InChI is InChI=1S/C11H13NO4S/c1-7-2-5-17-9(7)10(13)12-3-4-16-6-8(12)11(14)15/h2,5,8H,3-4,6H2,1H3,(H,14,15). The van der Waals surface area contributed by atoms with Gasteiger partial charge < -0.3 is 14.7 Å². The second kappa shape index (κ2) is 4.85. The first kappa shape index (κ1) is 12.1. The van der Waals surface area contributed by atoms with Gasteiger partial charge >= 0.3 is 5.97 Å². The number of amides is 1. The zero-order valence-corrected chi connectivity index (χ0v) is 10.2. The topological polar surface area (TPSA) is 66.8 Å². The molecule has 1 N–H and O–H groups in total. The second-order valence-electron chi connectivity index (χ2n) is 3.86. The van der Waals surface area contributed by atoms with E-state index in [-0.39, 0.29) is 12.5 Å². The third-order valence-corrected chi connectivity index (χ3v) is 3.74. The Morgan fingerprint density at radius 2 is 2.35 bits per heavy atom. The van der Waals surface area contributed by atoms with Crippen molar-refractivity contribution in [2.45, 2.75) is 13.0 Å². The number of hydrogen-bond donors (Lipinski definition) is 1. The van der Waals surface area contributed by atoms with Gasteiger partial charge in [0.05, 0.1) is 18.1 Å². The first-order valence-corrected chi connectivity index (χ1v) is 6.15. The van der Waals surface area contributed by atoms with Gasteiger partial charge in [0.25, 0.3) is 5.91 Å². The summed E-state index contributed by atoms with van der Waals surface area (Å²) in [6, 6.07) is 0.978. The van der Waals surface area contributed by atoms with Crippen molar-refractivity contribution in [3.8, 4) is 0 Å². The fraction of sp³-hybridized carbons (Fsp3) is 0.455. The third-order valence-electron chi connectivity index (χ3n) is 2.73. The minimum absolute atomic E-state index is 0.0610. The highest BCUT2D eigenvalue weighted by Crippen LogP contribution is 2.20. The van der Waals surface area contributed by atoms with Gasteiger partial charge in [-0.2, -0.15) is 0 Å². The van der Waals surface area contributed by atoms with E-state index in [0.717, 1.165) is 5.56 Å². The fourth-order valence-electron chi connectivity index (χ4n) is 1.77. The summed E-state index contributed by atoms with van der Waals surface area (Å²) in [6.45, 7) is 2.62. The maximum Gasteiger partial charge on any atom is 0.328 e. The number of carbonyl (C=O) groups is 2. The highest BCUT2D eigenvalue weighted by Gasteiger charge is 2.34. The minimum atomic E-state index is -1.02. The van der Waals surface area contributed by atoms with Gasteiger partial charge in [0.2, 0.25) is 0 Å². The van der Waals surface area contributed by atoms with E-state index < -0.39 is 12.0 Å². The van der Waals surface area contributed by atoms with Crippen LogP contribution in [0.1, 0.15) is 15.2 Å². The molecule has 1 aliphatic rings. The Hall–Kier alpha value is -1.40. The fourth-order valence-corrected chi connectivity index (χ4v) is 2.65. The highest BCUT2D eigenvalue weighted by molar-refractivity contribution is 7.12.